The highest BCUT2D eigenvalue weighted by molar-refractivity contribution is 5.43. The molecular weight excluding hydrogens is 338 g/mol. The third-order valence-electron chi connectivity index (χ3n) is 10.1. The second-order valence-electron chi connectivity index (χ2n) is 11.9. The van der Waals surface area contributed by atoms with Gasteiger partial charge < -0.3 is 0 Å². The summed E-state index contributed by atoms with van der Waals surface area (Å²) in [5.74, 6) is 4.70. The summed E-state index contributed by atoms with van der Waals surface area (Å²) in [6.07, 6.45) is 15.0. The van der Waals surface area contributed by atoms with Crippen molar-refractivity contribution < 1.29 is 0 Å². The Morgan fingerprint density at radius 3 is 2.50 bits per heavy atom. The maximum absolute atomic E-state index is 10.2. The quantitative estimate of drug-likeness (QED) is 0.474. The Balaban J connectivity index is 1.57. The molecule has 4 rings (SSSR count). The first-order valence-corrected chi connectivity index (χ1v) is 12.5. The molecule has 1 heteroatoms. The third-order valence-corrected chi connectivity index (χ3v) is 10.1. The van der Waals surface area contributed by atoms with Gasteiger partial charge in [0.1, 0.15) is 0 Å². The van der Waals surface area contributed by atoms with Crippen molar-refractivity contribution in [1.29, 1.82) is 5.26 Å². The molecule has 0 N–H and O–H groups in total. The molecule has 0 bridgehead atoms. The fourth-order valence-electron chi connectivity index (χ4n) is 8.71. The van der Waals surface area contributed by atoms with E-state index in [0.717, 1.165) is 29.6 Å². The third kappa shape index (κ3) is 3.00. The molecule has 0 spiro atoms. The van der Waals surface area contributed by atoms with Crippen molar-refractivity contribution in [3.63, 3.8) is 0 Å². The normalized spacial score (nSPS) is 43.5. The fraction of sp³-hybridized carbons (Fsp3) is 0.889. The minimum absolute atomic E-state index is 0.357. The maximum Gasteiger partial charge on any atom is 0.0950 e. The highest BCUT2D eigenvalue weighted by atomic mass is 14.7. The van der Waals surface area contributed by atoms with Crippen LogP contribution in [0.3, 0.4) is 0 Å². The van der Waals surface area contributed by atoms with Crippen molar-refractivity contribution in [2.45, 2.75) is 105 Å². The molecular formula is C27H43N. The van der Waals surface area contributed by atoms with Crippen molar-refractivity contribution in [2.24, 2.45) is 46.3 Å². The lowest BCUT2D eigenvalue weighted by atomic mass is 9.52. The molecule has 3 fully saturated rings. The van der Waals surface area contributed by atoms with Crippen LogP contribution in [0.5, 0.6) is 0 Å². The molecule has 4 aliphatic rings. The van der Waals surface area contributed by atoms with E-state index in [-0.39, 0.29) is 0 Å². The molecule has 0 aromatic carbocycles. The van der Waals surface area contributed by atoms with Crippen molar-refractivity contribution >= 4 is 0 Å². The molecule has 0 aliphatic heterocycles. The lowest BCUT2D eigenvalue weighted by molar-refractivity contribution is -0.0146. The highest BCUT2D eigenvalue weighted by Crippen LogP contribution is 2.70. The van der Waals surface area contributed by atoms with Crippen molar-refractivity contribution in [3.05, 3.63) is 11.1 Å². The Hall–Kier alpha value is -0.770. The molecule has 7 atom stereocenters. The lowest BCUT2D eigenvalue weighted by Gasteiger charge is -2.51. The van der Waals surface area contributed by atoms with Crippen LogP contribution in [0, 0.1) is 57.7 Å². The predicted molar refractivity (Wildman–Crippen MR) is 118 cm³/mol. The van der Waals surface area contributed by atoms with Crippen LogP contribution in [0.1, 0.15) is 105 Å². The molecule has 7 unspecified atom stereocenters. The molecule has 3 saturated carbocycles. The topological polar surface area (TPSA) is 23.8 Å². The van der Waals surface area contributed by atoms with Crippen molar-refractivity contribution in [1.82, 2.24) is 0 Å². The van der Waals surface area contributed by atoms with Crippen LogP contribution in [0.15, 0.2) is 11.1 Å². The summed E-state index contributed by atoms with van der Waals surface area (Å²) in [6, 6.07) is 2.79. The van der Waals surface area contributed by atoms with E-state index >= 15 is 0 Å². The van der Waals surface area contributed by atoms with Gasteiger partial charge in [-0.3, -0.25) is 0 Å². The second kappa shape index (κ2) is 7.49. The van der Waals surface area contributed by atoms with E-state index in [2.05, 4.69) is 40.7 Å². The molecule has 4 aliphatic carbocycles. The summed E-state index contributed by atoms with van der Waals surface area (Å²) >= 11 is 0. The second-order valence-corrected chi connectivity index (χ2v) is 11.9. The van der Waals surface area contributed by atoms with Crippen molar-refractivity contribution in [3.8, 4) is 6.07 Å². The Labute approximate surface area is 174 Å². The maximum atomic E-state index is 10.2. The van der Waals surface area contributed by atoms with Gasteiger partial charge in [0.25, 0.3) is 0 Å². The summed E-state index contributed by atoms with van der Waals surface area (Å²) in [5, 5.41) is 10.2. The number of hydrogen-bond donors (Lipinski definition) is 0. The molecule has 1 nitrogen and oxygen atoms in total. The smallest absolute Gasteiger partial charge is 0.0950 e. The Kier molecular flexibility index (Phi) is 5.48. The zero-order chi connectivity index (χ0) is 20.1. The molecule has 28 heavy (non-hydrogen) atoms. The summed E-state index contributed by atoms with van der Waals surface area (Å²) < 4.78 is 0. The number of hydrogen-bond acceptors (Lipinski definition) is 1. The summed E-state index contributed by atoms with van der Waals surface area (Å²) in [5.41, 5.74) is 3.71. The molecule has 0 heterocycles. The standard InChI is InChI=1S/C27H43N/c1-18(2)9-8-10-19(3)21-12-13-23-25-20(17-28)22-11-6-7-15-26(22,4)24(25)14-16-27(21,23)5/h18-19,21,23-25H,6-16H2,1-5H3. The Bertz CT molecular complexity index is 666. The average molecular weight is 382 g/mol. The molecule has 156 valence electrons. The van der Waals surface area contributed by atoms with Gasteiger partial charge in [0.2, 0.25) is 0 Å². The summed E-state index contributed by atoms with van der Waals surface area (Å²) in [7, 11) is 0. The first kappa shape index (κ1) is 20.5. The number of nitrogens with zero attached hydrogens (tertiary/aromatic N) is 1. The predicted octanol–water partition coefficient (Wildman–Crippen LogP) is 7.92. The number of allylic oxidation sites excluding steroid dienone is 2. The van der Waals surface area contributed by atoms with Gasteiger partial charge in [-0.2, -0.15) is 5.26 Å². The first-order chi connectivity index (χ1) is 13.3. The van der Waals surface area contributed by atoms with Gasteiger partial charge in [-0.05, 0) is 85.4 Å². The van der Waals surface area contributed by atoms with Crippen LogP contribution < -0.4 is 0 Å². The zero-order valence-electron chi connectivity index (χ0n) is 19.2. The molecule has 0 radical (unpaired) electrons. The minimum Gasteiger partial charge on any atom is -0.193 e. The Morgan fingerprint density at radius 2 is 1.79 bits per heavy atom. The van der Waals surface area contributed by atoms with Gasteiger partial charge in [0.05, 0.1) is 6.07 Å². The van der Waals surface area contributed by atoms with Crippen LogP contribution in [-0.4, -0.2) is 0 Å². The number of nitriles is 1. The van der Waals surface area contributed by atoms with Gasteiger partial charge in [0, 0.05) is 11.5 Å². The molecule has 0 aromatic rings. The van der Waals surface area contributed by atoms with Gasteiger partial charge in [-0.25, -0.2) is 0 Å². The largest absolute Gasteiger partial charge is 0.193 e. The van der Waals surface area contributed by atoms with Crippen LogP contribution in [0.2, 0.25) is 0 Å². The SMILES string of the molecule is CC(C)CCCC(C)C1CCC2C3C(C#N)=C4CCCCC4(C)C3CCC12C. The van der Waals surface area contributed by atoms with E-state index in [1.165, 1.54) is 76.2 Å². The van der Waals surface area contributed by atoms with Gasteiger partial charge in [-0.1, -0.05) is 65.9 Å². The highest BCUT2D eigenvalue weighted by Gasteiger charge is 2.62. The van der Waals surface area contributed by atoms with E-state index in [0.29, 0.717) is 16.7 Å². The van der Waals surface area contributed by atoms with Gasteiger partial charge in [0.15, 0.2) is 0 Å². The number of rotatable bonds is 5. The first-order valence-electron chi connectivity index (χ1n) is 12.5. The van der Waals surface area contributed by atoms with E-state index in [1.807, 2.05) is 0 Å². The fourth-order valence-corrected chi connectivity index (χ4v) is 8.71. The Morgan fingerprint density at radius 1 is 1.00 bits per heavy atom. The van der Waals surface area contributed by atoms with E-state index in [1.54, 1.807) is 5.57 Å². The molecule has 0 amide bonds. The van der Waals surface area contributed by atoms with Gasteiger partial charge >= 0.3 is 0 Å². The van der Waals surface area contributed by atoms with Gasteiger partial charge in [-0.15, -0.1) is 0 Å². The number of fused-ring (bicyclic) bond motifs is 5. The monoisotopic (exact) mass is 381 g/mol. The van der Waals surface area contributed by atoms with E-state index < -0.39 is 0 Å². The van der Waals surface area contributed by atoms with Crippen molar-refractivity contribution in [2.75, 3.05) is 0 Å². The summed E-state index contributed by atoms with van der Waals surface area (Å²) in [6.45, 7) is 12.4. The summed E-state index contributed by atoms with van der Waals surface area (Å²) in [4.78, 5) is 0. The van der Waals surface area contributed by atoms with Crippen LogP contribution >= 0.6 is 0 Å². The minimum atomic E-state index is 0.357. The van der Waals surface area contributed by atoms with Crippen LogP contribution in [0.25, 0.3) is 0 Å². The van der Waals surface area contributed by atoms with Crippen LogP contribution in [0.4, 0.5) is 0 Å². The van der Waals surface area contributed by atoms with E-state index in [9.17, 15) is 5.26 Å². The zero-order valence-corrected chi connectivity index (χ0v) is 19.2. The van der Waals surface area contributed by atoms with Crippen LogP contribution in [-0.2, 0) is 0 Å². The average Bonchev–Trinajstić information content (AvgIpc) is 3.12. The van der Waals surface area contributed by atoms with E-state index in [4.69, 9.17) is 0 Å². The molecule has 0 aromatic heterocycles. The lowest BCUT2D eigenvalue weighted by Crippen LogP contribution is -2.45. The molecule has 0 saturated heterocycles.